The highest BCUT2D eigenvalue weighted by Crippen LogP contribution is 2.17. The Labute approximate surface area is 110 Å². The van der Waals surface area contributed by atoms with Gasteiger partial charge >= 0.3 is 0 Å². The number of aromatic nitrogens is 2. The molecule has 0 amide bonds. The van der Waals surface area contributed by atoms with Crippen LogP contribution in [0, 0.1) is 16.1 Å². The summed E-state index contributed by atoms with van der Waals surface area (Å²) in [7, 11) is -3.05. The van der Waals surface area contributed by atoms with E-state index in [9.17, 15) is 8.42 Å². The number of sulfone groups is 1. The predicted molar refractivity (Wildman–Crippen MR) is 71.5 cm³/mol. The van der Waals surface area contributed by atoms with Crippen LogP contribution in [0.25, 0.3) is 11.0 Å². The lowest BCUT2D eigenvalue weighted by Crippen LogP contribution is -2.11. The molecule has 1 heterocycles. The van der Waals surface area contributed by atoms with Crippen molar-refractivity contribution in [3.8, 4) is 6.07 Å². The first kappa shape index (κ1) is 12.8. The average Bonchev–Trinajstić information content (AvgIpc) is 2.61. The molecule has 2 rings (SSSR count). The summed E-state index contributed by atoms with van der Waals surface area (Å²) >= 11 is 5.15. The van der Waals surface area contributed by atoms with Gasteiger partial charge in [-0.15, -0.1) is 0 Å². The first-order valence-corrected chi connectivity index (χ1v) is 7.68. The topological polar surface area (TPSA) is 78.7 Å². The molecular weight excluding hydrogens is 270 g/mol. The highest BCUT2D eigenvalue weighted by Gasteiger charge is 2.10. The second kappa shape index (κ2) is 4.55. The molecule has 0 radical (unpaired) electrons. The van der Waals surface area contributed by atoms with Crippen LogP contribution in [0.5, 0.6) is 0 Å². The van der Waals surface area contributed by atoms with Gasteiger partial charge in [0, 0.05) is 12.8 Å². The van der Waals surface area contributed by atoms with Gasteiger partial charge in [0.15, 0.2) is 4.77 Å². The van der Waals surface area contributed by atoms with Crippen molar-refractivity contribution < 1.29 is 8.42 Å². The van der Waals surface area contributed by atoms with Crippen LogP contribution in [0.4, 0.5) is 0 Å². The third kappa shape index (κ3) is 2.44. The molecule has 0 aliphatic carbocycles. The maximum absolute atomic E-state index is 11.2. The minimum absolute atomic E-state index is 0.0189. The van der Waals surface area contributed by atoms with Crippen molar-refractivity contribution in [2.45, 2.75) is 6.54 Å². The molecule has 7 heteroatoms. The monoisotopic (exact) mass is 281 g/mol. The SMILES string of the molecule is CS(=O)(=O)CCn1c(=S)[nH]c2c(C#N)cccc21. The molecule has 0 aliphatic rings. The van der Waals surface area contributed by atoms with Crippen LogP contribution in [0.15, 0.2) is 18.2 Å². The fraction of sp³-hybridized carbons (Fsp3) is 0.273. The van der Waals surface area contributed by atoms with E-state index in [-0.39, 0.29) is 12.3 Å². The molecule has 0 bridgehead atoms. The standard InChI is InChI=1S/C11H11N3O2S2/c1-18(15,16)6-5-14-9-4-2-3-8(7-12)10(9)13-11(14)17/h2-4H,5-6H2,1H3,(H,13,17). The number of nitrogens with one attached hydrogen (secondary N) is 1. The summed E-state index contributed by atoms with van der Waals surface area (Å²) in [6.07, 6.45) is 1.19. The molecule has 0 saturated carbocycles. The second-order valence-corrected chi connectivity index (χ2v) is 6.67. The average molecular weight is 281 g/mol. The van der Waals surface area contributed by atoms with E-state index in [1.165, 1.54) is 6.26 Å². The number of imidazole rings is 1. The minimum Gasteiger partial charge on any atom is -0.329 e. The fourth-order valence-corrected chi connectivity index (χ4v) is 2.56. The Bertz CT molecular complexity index is 794. The van der Waals surface area contributed by atoms with Gasteiger partial charge in [0.2, 0.25) is 0 Å². The first-order chi connectivity index (χ1) is 8.42. The number of para-hydroxylation sites is 1. The van der Waals surface area contributed by atoms with E-state index in [1.807, 2.05) is 6.07 Å². The molecule has 0 spiro atoms. The number of benzene rings is 1. The third-order valence-corrected chi connectivity index (χ3v) is 3.86. The van der Waals surface area contributed by atoms with E-state index in [0.717, 1.165) is 5.52 Å². The van der Waals surface area contributed by atoms with Crippen molar-refractivity contribution >= 4 is 33.1 Å². The lowest BCUT2D eigenvalue weighted by molar-refractivity contribution is 0.595. The number of aromatic amines is 1. The van der Waals surface area contributed by atoms with Crippen molar-refractivity contribution in [1.82, 2.24) is 9.55 Å². The Morgan fingerprint density at radius 1 is 1.50 bits per heavy atom. The number of nitrogens with zero attached hydrogens (tertiary/aromatic N) is 2. The summed E-state index contributed by atoms with van der Waals surface area (Å²) in [5.41, 5.74) is 1.90. The molecule has 1 aromatic carbocycles. The Hall–Kier alpha value is -1.65. The fourth-order valence-electron chi connectivity index (χ4n) is 1.75. The summed E-state index contributed by atoms with van der Waals surface area (Å²) in [6, 6.07) is 7.32. The number of nitriles is 1. The molecule has 94 valence electrons. The van der Waals surface area contributed by atoms with E-state index in [2.05, 4.69) is 11.1 Å². The number of H-pyrrole nitrogens is 1. The van der Waals surface area contributed by atoms with E-state index in [0.29, 0.717) is 15.9 Å². The molecular formula is C11H11N3O2S2. The van der Waals surface area contributed by atoms with Gasteiger partial charge in [-0.05, 0) is 24.4 Å². The molecule has 1 aromatic heterocycles. The second-order valence-electron chi connectivity index (χ2n) is 4.02. The predicted octanol–water partition coefficient (Wildman–Crippen LogP) is 1.62. The highest BCUT2D eigenvalue weighted by molar-refractivity contribution is 7.90. The molecule has 0 unspecified atom stereocenters. The van der Waals surface area contributed by atoms with E-state index in [1.54, 1.807) is 16.7 Å². The molecule has 2 aromatic rings. The smallest absolute Gasteiger partial charge is 0.178 e. The summed E-state index contributed by atoms with van der Waals surface area (Å²) in [5, 5.41) is 8.99. The number of hydrogen-bond donors (Lipinski definition) is 1. The Morgan fingerprint density at radius 3 is 2.83 bits per heavy atom. The van der Waals surface area contributed by atoms with Gasteiger partial charge in [-0.1, -0.05) is 6.07 Å². The van der Waals surface area contributed by atoms with Crippen molar-refractivity contribution in [1.29, 1.82) is 5.26 Å². The van der Waals surface area contributed by atoms with Gasteiger partial charge in [0.1, 0.15) is 15.9 Å². The Balaban J connectivity index is 2.56. The van der Waals surface area contributed by atoms with Crippen LogP contribution in [-0.4, -0.2) is 30.0 Å². The molecule has 0 saturated heterocycles. The lowest BCUT2D eigenvalue weighted by Gasteiger charge is -2.03. The van der Waals surface area contributed by atoms with Crippen LogP contribution in [0.3, 0.4) is 0 Å². The van der Waals surface area contributed by atoms with Crippen LogP contribution in [-0.2, 0) is 16.4 Å². The van der Waals surface area contributed by atoms with Crippen molar-refractivity contribution in [3.05, 3.63) is 28.5 Å². The van der Waals surface area contributed by atoms with Crippen LogP contribution in [0.2, 0.25) is 0 Å². The molecule has 0 fully saturated rings. The quantitative estimate of drug-likeness (QED) is 0.867. The van der Waals surface area contributed by atoms with Gasteiger partial charge in [-0.2, -0.15) is 5.26 Å². The van der Waals surface area contributed by atoms with Gasteiger partial charge in [0.25, 0.3) is 0 Å². The lowest BCUT2D eigenvalue weighted by atomic mass is 10.2. The molecule has 18 heavy (non-hydrogen) atoms. The largest absolute Gasteiger partial charge is 0.329 e. The number of hydrogen-bond acceptors (Lipinski definition) is 4. The summed E-state index contributed by atoms with van der Waals surface area (Å²) in [4.78, 5) is 2.94. The summed E-state index contributed by atoms with van der Waals surface area (Å²) in [6.45, 7) is 0.284. The zero-order valence-corrected chi connectivity index (χ0v) is 11.3. The van der Waals surface area contributed by atoms with Crippen LogP contribution < -0.4 is 0 Å². The maximum atomic E-state index is 11.2. The molecule has 0 aliphatic heterocycles. The molecule has 1 N–H and O–H groups in total. The highest BCUT2D eigenvalue weighted by atomic mass is 32.2. The third-order valence-electron chi connectivity index (χ3n) is 2.62. The van der Waals surface area contributed by atoms with Crippen molar-refractivity contribution in [2.75, 3.05) is 12.0 Å². The normalized spacial score (nSPS) is 11.6. The van der Waals surface area contributed by atoms with Crippen LogP contribution in [0.1, 0.15) is 5.56 Å². The maximum Gasteiger partial charge on any atom is 0.178 e. The van der Waals surface area contributed by atoms with E-state index >= 15 is 0 Å². The number of aryl methyl sites for hydroxylation is 1. The molecule has 5 nitrogen and oxygen atoms in total. The van der Waals surface area contributed by atoms with Gasteiger partial charge in [0.05, 0.1) is 22.3 Å². The minimum atomic E-state index is -3.05. The summed E-state index contributed by atoms with van der Waals surface area (Å²) < 4.78 is 24.5. The number of fused-ring (bicyclic) bond motifs is 1. The van der Waals surface area contributed by atoms with Gasteiger partial charge < -0.3 is 9.55 Å². The van der Waals surface area contributed by atoms with Crippen LogP contribution >= 0.6 is 12.2 Å². The number of rotatable bonds is 3. The first-order valence-electron chi connectivity index (χ1n) is 5.22. The van der Waals surface area contributed by atoms with Gasteiger partial charge in [-0.3, -0.25) is 0 Å². The molecule has 0 atom stereocenters. The Kier molecular flexibility index (Phi) is 3.24. The zero-order valence-electron chi connectivity index (χ0n) is 9.67. The van der Waals surface area contributed by atoms with E-state index < -0.39 is 9.84 Å². The Morgan fingerprint density at radius 2 is 2.22 bits per heavy atom. The summed E-state index contributed by atoms with van der Waals surface area (Å²) in [5.74, 6) is 0.0189. The van der Waals surface area contributed by atoms with Gasteiger partial charge in [-0.25, -0.2) is 8.42 Å². The zero-order chi connectivity index (χ0) is 13.3. The van der Waals surface area contributed by atoms with E-state index in [4.69, 9.17) is 17.5 Å². The van der Waals surface area contributed by atoms with Crippen molar-refractivity contribution in [3.63, 3.8) is 0 Å². The van der Waals surface area contributed by atoms with Crippen molar-refractivity contribution in [2.24, 2.45) is 0 Å².